The highest BCUT2D eigenvalue weighted by Crippen LogP contribution is 2.38. The van der Waals surface area contributed by atoms with Crippen molar-refractivity contribution in [3.05, 3.63) is 118 Å². The summed E-state index contributed by atoms with van der Waals surface area (Å²) in [5.74, 6) is -2.34. The second-order valence-electron chi connectivity index (χ2n) is 11.1. The van der Waals surface area contributed by atoms with E-state index in [1.54, 1.807) is 61.5 Å². The van der Waals surface area contributed by atoms with Gasteiger partial charge in [0.15, 0.2) is 0 Å². The fraction of sp³-hybridized carbons (Fsp3) is 0.243. The van der Waals surface area contributed by atoms with Crippen LogP contribution in [-0.4, -0.2) is 36.1 Å². The summed E-state index contributed by atoms with van der Waals surface area (Å²) in [5.41, 5.74) is 2.21. The molecule has 0 aliphatic heterocycles. The second kappa shape index (κ2) is 16.9. The van der Waals surface area contributed by atoms with Gasteiger partial charge in [0, 0.05) is 26.6 Å². The molecule has 0 atom stereocenters. The standard InChI is InChI=1S/C37H36FN3O5S2/c1-2-46-37(45)33-28-18-8-3-4-9-20-31(28)48-36(33)41-32(42)23-47-27-17-12-16-26(22-27)39-35(44)30(21-25-15-10-11-19-29(25)38)40-34(43)24-13-6-5-7-14-24/h5-7,10-17,19,21-22H,2-4,8-9,18,20,23H2,1H3,(H,39,44)(H,40,43)(H,41,42)/b30-21-. The van der Waals surface area contributed by atoms with Crippen LogP contribution in [0.25, 0.3) is 6.08 Å². The third-order valence-corrected chi connectivity index (χ3v) is 9.80. The molecule has 0 bridgehead atoms. The van der Waals surface area contributed by atoms with E-state index in [9.17, 15) is 23.6 Å². The van der Waals surface area contributed by atoms with Crippen molar-refractivity contribution in [2.75, 3.05) is 23.0 Å². The first kappa shape index (κ1) is 34.6. The Labute approximate surface area is 287 Å². The maximum atomic E-state index is 14.5. The predicted octanol–water partition coefficient (Wildman–Crippen LogP) is 7.86. The normalized spacial score (nSPS) is 13.0. The molecule has 11 heteroatoms. The molecular weight excluding hydrogens is 650 g/mol. The number of thiophene rings is 1. The van der Waals surface area contributed by atoms with Crippen LogP contribution in [-0.2, 0) is 27.2 Å². The average Bonchev–Trinajstić information content (AvgIpc) is 3.40. The van der Waals surface area contributed by atoms with Crippen LogP contribution in [0.2, 0.25) is 0 Å². The molecule has 48 heavy (non-hydrogen) atoms. The largest absolute Gasteiger partial charge is 0.462 e. The zero-order chi connectivity index (χ0) is 33.9. The Balaban J connectivity index is 1.27. The molecule has 1 aliphatic carbocycles. The van der Waals surface area contributed by atoms with Crippen LogP contribution in [0.5, 0.6) is 0 Å². The fourth-order valence-corrected chi connectivity index (χ4v) is 7.34. The Bertz CT molecular complexity index is 1820. The SMILES string of the molecule is CCOC(=O)c1c(NC(=O)CSc2cccc(NC(=O)/C(=C/c3ccccc3F)NC(=O)c3ccccc3)c2)sc2c1CCCCCC2. The van der Waals surface area contributed by atoms with Crippen LogP contribution in [0.4, 0.5) is 15.1 Å². The van der Waals surface area contributed by atoms with Gasteiger partial charge in [0.25, 0.3) is 11.8 Å². The first-order valence-electron chi connectivity index (χ1n) is 15.8. The van der Waals surface area contributed by atoms with E-state index in [1.807, 2.05) is 6.07 Å². The Morgan fingerprint density at radius 2 is 1.65 bits per heavy atom. The van der Waals surface area contributed by atoms with E-state index in [-0.39, 0.29) is 29.5 Å². The van der Waals surface area contributed by atoms with Gasteiger partial charge in [0.2, 0.25) is 5.91 Å². The van der Waals surface area contributed by atoms with Crippen molar-refractivity contribution in [1.29, 1.82) is 0 Å². The molecule has 0 fully saturated rings. The highest BCUT2D eigenvalue weighted by Gasteiger charge is 2.26. The summed E-state index contributed by atoms with van der Waals surface area (Å²) in [6, 6.07) is 21.3. The van der Waals surface area contributed by atoms with Crippen LogP contribution in [0.1, 0.15) is 69.3 Å². The fourth-order valence-electron chi connectivity index (χ4n) is 5.29. The number of nitrogens with one attached hydrogen (secondary N) is 3. The first-order valence-corrected chi connectivity index (χ1v) is 17.6. The lowest BCUT2D eigenvalue weighted by Crippen LogP contribution is -2.30. The number of amides is 3. The molecule has 0 unspecified atom stereocenters. The third kappa shape index (κ3) is 9.20. The maximum absolute atomic E-state index is 14.5. The van der Waals surface area contributed by atoms with Crippen molar-refractivity contribution in [3.63, 3.8) is 0 Å². The number of carbonyl (C=O) groups is 4. The van der Waals surface area contributed by atoms with Crippen molar-refractivity contribution in [1.82, 2.24) is 5.32 Å². The van der Waals surface area contributed by atoms with Crippen LogP contribution < -0.4 is 16.0 Å². The van der Waals surface area contributed by atoms with Crippen molar-refractivity contribution >= 4 is 63.6 Å². The van der Waals surface area contributed by atoms with Gasteiger partial charge in [0.05, 0.1) is 17.9 Å². The summed E-state index contributed by atoms with van der Waals surface area (Å²) in [5, 5.41) is 8.85. The lowest BCUT2D eigenvalue weighted by Gasteiger charge is -2.12. The summed E-state index contributed by atoms with van der Waals surface area (Å²) in [4.78, 5) is 54.2. The summed E-state index contributed by atoms with van der Waals surface area (Å²) in [6.45, 7) is 2.01. The summed E-state index contributed by atoms with van der Waals surface area (Å²) in [6.07, 6.45) is 7.25. The monoisotopic (exact) mass is 685 g/mol. The van der Waals surface area contributed by atoms with E-state index in [1.165, 1.54) is 47.4 Å². The van der Waals surface area contributed by atoms with Crippen LogP contribution >= 0.6 is 23.1 Å². The number of esters is 1. The molecule has 248 valence electrons. The third-order valence-electron chi connectivity index (χ3n) is 7.60. The number of hydrogen-bond donors (Lipinski definition) is 3. The Morgan fingerprint density at radius 1 is 0.896 bits per heavy atom. The lowest BCUT2D eigenvalue weighted by atomic mass is 9.96. The zero-order valence-corrected chi connectivity index (χ0v) is 28.1. The maximum Gasteiger partial charge on any atom is 0.341 e. The summed E-state index contributed by atoms with van der Waals surface area (Å²) >= 11 is 2.72. The van der Waals surface area contributed by atoms with Crippen molar-refractivity contribution < 1.29 is 28.3 Å². The van der Waals surface area contributed by atoms with Crippen LogP contribution in [0.15, 0.2) is 89.5 Å². The van der Waals surface area contributed by atoms with E-state index >= 15 is 0 Å². The number of ether oxygens (including phenoxy) is 1. The molecule has 0 saturated carbocycles. The molecule has 4 aromatic rings. The minimum Gasteiger partial charge on any atom is -0.462 e. The molecule has 5 rings (SSSR count). The summed E-state index contributed by atoms with van der Waals surface area (Å²) in [7, 11) is 0. The van der Waals surface area contributed by atoms with Crippen LogP contribution in [0, 0.1) is 5.82 Å². The van der Waals surface area contributed by atoms with E-state index in [4.69, 9.17) is 4.74 Å². The molecular formula is C37H36FN3O5S2. The molecule has 3 N–H and O–H groups in total. The van der Waals surface area contributed by atoms with E-state index in [2.05, 4.69) is 16.0 Å². The zero-order valence-electron chi connectivity index (χ0n) is 26.5. The van der Waals surface area contributed by atoms with Crippen LogP contribution in [0.3, 0.4) is 0 Å². The van der Waals surface area contributed by atoms with Gasteiger partial charge in [-0.3, -0.25) is 14.4 Å². The number of fused-ring (bicyclic) bond motifs is 1. The van der Waals surface area contributed by atoms with E-state index in [0.717, 1.165) is 49.0 Å². The van der Waals surface area contributed by atoms with Gasteiger partial charge >= 0.3 is 5.97 Å². The summed E-state index contributed by atoms with van der Waals surface area (Å²) < 4.78 is 19.8. The van der Waals surface area contributed by atoms with Gasteiger partial charge in [0.1, 0.15) is 16.5 Å². The number of carbonyl (C=O) groups excluding carboxylic acids is 4. The van der Waals surface area contributed by atoms with Crippen molar-refractivity contribution in [2.45, 2.75) is 50.3 Å². The number of rotatable bonds is 11. The smallest absolute Gasteiger partial charge is 0.341 e. The average molecular weight is 686 g/mol. The van der Waals surface area contributed by atoms with Gasteiger partial charge in [-0.15, -0.1) is 23.1 Å². The molecule has 0 radical (unpaired) electrons. The van der Waals surface area contributed by atoms with Crippen molar-refractivity contribution in [3.8, 4) is 0 Å². The number of aryl methyl sites for hydroxylation is 1. The molecule has 0 spiro atoms. The Kier molecular flexibility index (Phi) is 12.2. The molecule has 1 aromatic heterocycles. The van der Waals surface area contributed by atoms with Gasteiger partial charge in [-0.05, 0) is 80.6 Å². The first-order chi connectivity index (χ1) is 23.3. The minimum atomic E-state index is -0.651. The lowest BCUT2D eigenvalue weighted by molar-refractivity contribution is -0.114. The van der Waals surface area contributed by atoms with Crippen molar-refractivity contribution in [2.24, 2.45) is 0 Å². The van der Waals surface area contributed by atoms with Gasteiger partial charge < -0.3 is 20.7 Å². The minimum absolute atomic E-state index is 0.0633. The number of benzene rings is 3. The predicted molar refractivity (Wildman–Crippen MR) is 189 cm³/mol. The quantitative estimate of drug-likeness (QED) is 0.0842. The van der Waals surface area contributed by atoms with E-state index in [0.29, 0.717) is 26.7 Å². The highest BCUT2D eigenvalue weighted by atomic mass is 32.2. The molecule has 8 nitrogen and oxygen atoms in total. The molecule has 0 saturated heterocycles. The van der Waals surface area contributed by atoms with Gasteiger partial charge in [-0.2, -0.15) is 0 Å². The second-order valence-corrected chi connectivity index (χ2v) is 13.2. The van der Waals surface area contributed by atoms with Gasteiger partial charge in [-0.25, -0.2) is 9.18 Å². The highest BCUT2D eigenvalue weighted by molar-refractivity contribution is 8.00. The van der Waals surface area contributed by atoms with Gasteiger partial charge in [-0.1, -0.05) is 55.3 Å². The topological polar surface area (TPSA) is 114 Å². The Morgan fingerprint density at radius 3 is 2.42 bits per heavy atom. The molecule has 1 aliphatic rings. The number of anilines is 2. The number of halogens is 1. The molecule has 3 amide bonds. The number of thioether (sulfide) groups is 1. The Hall–Kier alpha value is -4.74. The molecule has 1 heterocycles. The number of hydrogen-bond acceptors (Lipinski definition) is 7. The molecule has 3 aromatic carbocycles. The van der Waals surface area contributed by atoms with E-state index < -0.39 is 23.6 Å².